The van der Waals surface area contributed by atoms with Crippen LogP contribution in [0.5, 0.6) is 0 Å². The smallest absolute Gasteiger partial charge is 0.366 e. The van der Waals surface area contributed by atoms with E-state index in [4.69, 9.17) is 10.7 Å². The van der Waals surface area contributed by atoms with Crippen molar-refractivity contribution in [2.24, 2.45) is 5.73 Å². The van der Waals surface area contributed by atoms with E-state index in [1.54, 1.807) is 12.1 Å². The number of primary amides is 1. The number of rotatable bonds is 4. The van der Waals surface area contributed by atoms with Crippen LogP contribution in [0.15, 0.2) is 96.1 Å². The number of carbonyl (C=O) groups excluding carboxylic acids is 1. The molecule has 0 radical (unpaired) electrons. The van der Waals surface area contributed by atoms with Gasteiger partial charge >= 0.3 is 6.18 Å². The summed E-state index contributed by atoms with van der Waals surface area (Å²) in [6, 6.07) is 15.1. The van der Waals surface area contributed by atoms with Crippen molar-refractivity contribution in [2.45, 2.75) is 39.4 Å². The normalized spacial score (nSPS) is 18.2. The Bertz CT molecular complexity index is 1680. The van der Waals surface area contributed by atoms with Crippen molar-refractivity contribution in [1.29, 1.82) is 0 Å². The lowest BCUT2D eigenvalue weighted by Gasteiger charge is -2.14. The maximum absolute atomic E-state index is 13.3. The summed E-state index contributed by atoms with van der Waals surface area (Å²) in [6.07, 6.45) is 6.56. The molecular weight excluding hydrogens is 499 g/mol. The zero-order chi connectivity index (χ0) is 27.7. The average Bonchev–Trinajstić information content (AvgIpc) is 3.28. The molecule has 0 saturated carbocycles. The first-order chi connectivity index (χ1) is 18.6. The molecule has 7 heteroatoms. The number of carbonyl (C=O) groups is 1. The number of nitrogens with two attached hydrogens (primary N) is 1. The largest absolute Gasteiger partial charge is 0.416 e. The lowest BCUT2D eigenvalue weighted by molar-refractivity contribution is -0.0884. The van der Waals surface area contributed by atoms with Crippen LogP contribution in [0.2, 0.25) is 0 Å². The highest BCUT2D eigenvalue weighted by Crippen LogP contribution is 2.30. The van der Waals surface area contributed by atoms with Crippen LogP contribution in [-0.4, -0.2) is 21.6 Å². The Hall–Kier alpha value is -4.39. The predicted octanol–water partition coefficient (Wildman–Crippen LogP) is 5.66. The Kier molecular flexibility index (Phi) is 7.00. The molecular formula is C32H28F3N3O. The zero-order valence-electron chi connectivity index (χ0n) is 21.7. The van der Waals surface area contributed by atoms with Crippen molar-refractivity contribution in [3.05, 3.63) is 124 Å². The van der Waals surface area contributed by atoms with Crippen molar-refractivity contribution < 1.29 is 18.0 Å². The second-order valence-corrected chi connectivity index (χ2v) is 9.88. The van der Waals surface area contributed by atoms with Gasteiger partial charge < -0.3 is 10.3 Å². The molecule has 2 N–H and O–H groups in total. The van der Waals surface area contributed by atoms with E-state index < -0.39 is 17.7 Å². The van der Waals surface area contributed by atoms with Crippen LogP contribution >= 0.6 is 0 Å². The van der Waals surface area contributed by atoms with Crippen LogP contribution in [0.25, 0.3) is 22.4 Å². The number of nitrogens with zero attached hydrogens (tertiary/aromatic N) is 2. The minimum absolute atomic E-state index is 0.111. The standard InChI is InChI=1S/C32H28F3N3O/c1-20-3-9-23(10-4-20)28-29(24-11-5-21(2)6-12-24)38(19-22-7-13-25(14-8-22)30(36)39)31(37-28)26-15-17-27(18-16-26)32(33,34)35/h3-11,13-15,17-18H,12,16,19H2,1-2H3,(H2,36,39). The van der Waals surface area contributed by atoms with E-state index in [0.717, 1.165) is 39.4 Å². The Morgan fingerprint density at radius 2 is 1.56 bits per heavy atom. The van der Waals surface area contributed by atoms with Gasteiger partial charge in [-0.1, -0.05) is 77.9 Å². The summed E-state index contributed by atoms with van der Waals surface area (Å²) < 4.78 is 42.1. The highest BCUT2D eigenvalue weighted by Gasteiger charge is 2.32. The van der Waals surface area contributed by atoms with Crippen LogP contribution in [0, 0.1) is 6.92 Å². The van der Waals surface area contributed by atoms with Crippen molar-refractivity contribution in [3.63, 3.8) is 0 Å². The maximum atomic E-state index is 13.3. The Morgan fingerprint density at radius 1 is 0.897 bits per heavy atom. The molecule has 2 aromatic carbocycles. The Labute approximate surface area is 224 Å². The number of amides is 1. The summed E-state index contributed by atoms with van der Waals surface area (Å²) in [4.78, 5) is 16.7. The Balaban J connectivity index is 1.78. The van der Waals surface area contributed by atoms with Gasteiger partial charge in [0.2, 0.25) is 5.91 Å². The molecule has 2 aliphatic rings. The summed E-state index contributed by atoms with van der Waals surface area (Å²) in [7, 11) is 0. The molecule has 0 unspecified atom stereocenters. The maximum Gasteiger partial charge on any atom is 0.416 e. The van der Waals surface area contributed by atoms with Crippen molar-refractivity contribution >= 4 is 17.1 Å². The molecule has 39 heavy (non-hydrogen) atoms. The van der Waals surface area contributed by atoms with Gasteiger partial charge in [-0.3, -0.25) is 4.79 Å². The highest BCUT2D eigenvalue weighted by atomic mass is 19.4. The molecule has 0 spiro atoms. The number of imidazole rings is 1. The number of hydrogen-bond donors (Lipinski definition) is 1. The first-order valence-corrected chi connectivity index (χ1v) is 12.7. The Morgan fingerprint density at radius 3 is 2.13 bits per heavy atom. The molecule has 0 atom stereocenters. The van der Waals surface area contributed by atoms with Gasteiger partial charge in [-0.25, -0.2) is 4.98 Å². The lowest BCUT2D eigenvalue weighted by Crippen LogP contribution is -2.31. The van der Waals surface area contributed by atoms with E-state index in [1.165, 1.54) is 17.7 Å². The molecule has 0 bridgehead atoms. The molecule has 4 nitrogen and oxygen atoms in total. The third-order valence-electron chi connectivity index (χ3n) is 6.99. The monoisotopic (exact) mass is 527 g/mol. The van der Waals surface area contributed by atoms with Crippen molar-refractivity contribution in [3.8, 4) is 11.3 Å². The van der Waals surface area contributed by atoms with Gasteiger partial charge in [-0.2, -0.15) is 13.2 Å². The van der Waals surface area contributed by atoms with Crippen LogP contribution in [0.1, 0.15) is 41.3 Å². The fraction of sp³-hybridized carbons (Fsp3) is 0.188. The van der Waals surface area contributed by atoms with Crippen LogP contribution in [-0.2, 0) is 6.54 Å². The number of halogens is 3. The van der Waals surface area contributed by atoms with Gasteiger partial charge in [0.1, 0.15) is 5.48 Å². The number of hydrogen-bond acceptors (Lipinski definition) is 2. The minimum atomic E-state index is -4.40. The summed E-state index contributed by atoms with van der Waals surface area (Å²) >= 11 is 0. The summed E-state index contributed by atoms with van der Waals surface area (Å²) in [5, 5.41) is 0.916. The molecule has 0 aliphatic heterocycles. The topological polar surface area (TPSA) is 60.9 Å². The number of allylic oxidation sites excluding steroid dienone is 8. The summed E-state index contributed by atoms with van der Waals surface area (Å²) in [5.41, 5.74) is 12.4. The van der Waals surface area contributed by atoms with Crippen LogP contribution < -0.4 is 16.6 Å². The van der Waals surface area contributed by atoms with Gasteiger partial charge in [-0.05, 0) is 61.6 Å². The fourth-order valence-electron chi connectivity index (χ4n) is 4.78. The molecule has 198 valence electrons. The number of aryl methyl sites for hydroxylation is 1. The van der Waals surface area contributed by atoms with E-state index in [-0.39, 0.29) is 6.42 Å². The SMILES string of the molecule is CC1=CCC(=c2c(-c3ccc(C)cc3)nc(=C3C=CC(C(F)(F)F)=CC3)n2Cc2ccc(C(N)=O)cc2)C=C1. The first-order valence-electron chi connectivity index (χ1n) is 12.7. The molecule has 1 amide bonds. The summed E-state index contributed by atoms with van der Waals surface area (Å²) in [5.74, 6) is -0.507. The molecule has 3 aromatic rings. The third kappa shape index (κ3) is 5.58. The zero-order valence-corrected chi connectivity index (χ0v) is 21.7. The molecule has 0 saturated heterocycles. The molecule has 0 fully saturated rings. The highest BCUT2D eigenvalue weighted by molar-refractivity contribution is 5.92. The quantitative estimate of drug-likeness (QED) is 0.476. The predicted molar refractivity (Wildman–Crippen MR) is 148 cm³/mol. The average molecular weight is 528 g/mol. The second kappa shape index (κ2) is 10.4. The van der Waals surface area contributed by atoms with Gasteiger partial charge in [0, 0.05) is 17.7 Å². The van der Waals surface area contributed by atoms with E-state index in [1.807, 2.05) is 50.2 Å². The van der Waals surface area contributed by atoms with Crippen molar-refractivity contribution in [1.82, 2.24) is 9.55 Å². The first kappa shape index (κ1) is 26.2. The molecule has 1 aromatic heterocycles. The number of alkyl halides is 3. The van der Waals surface area contributed by atoms with Gasteiger partial charge in [-0.15, -0.1) is 0 Å². The minimum Gasteiger partial charge on any atom is -0.366 e. The van der Waals surface area contributed by atoms with Crippen LogP contribution in [0.4, 0.5) is 13.2 Å². The second-order valence-electron chi connectivity index (χ2n) is 9.88. The van der Waals surface area contributed by atoms with E-state index >= 15 is 0 Å². The van der Waals surface area contributed by atoms with E-state index in [0.29, 0.717) is 29.6 Å². The molecule has 1 heterocycles. The molecule has 2 aliphatic carbocycles. The lowest BCUT2D eigenvalue weighted by atomic mass is 10.0. The van der Waals surface area contributed by atoms with E-state index in [2.05, 4.69) is 22.8 Å². The third-order valence-corrected chi connectivity index (χ3v) is 6.99. The van der Waals surface area contributed by atoms with E-state index in [9.17, 15) is 18.0 Å². The van der Waals surface area contributed by atoms with Gasteiger partial charge in [0.15, 0.2) is 0 Å². The van der Waals surface area contributed by atoms with Gasteiger partial charge in [0.05, 0.1) is 16.6 Å². The molecule has 5 rings (SSSR count). The van der Waals surface area contributed by atoms with Crippen LogP contribution in [0.3, 0.4) is 0 Å². The fourth-order valence-corrected chi connectivity index (χ4v) is 4.78. The summed E-state index contributed by atoms with van der Waals surface area (Å²) in [6.45, 7) is 4.48. The number of aromatic nitrogens is 2. The van der Waals surface area contributed by atoms with Crippen molar-refractivity contribution in [2.75, 3.05) is 0 Å². The van der Waals surface area contributed by atoms with Gasteiger partial charge in [0.25, 0.3) is 0 Å². The number of benzene rings is 2.